The van der Waals surface area contributed by atoms with Crippen LogP contribution in [-0.2, 0) is 14.3 Å². The van der Waals surface area contributed by atoms with Gasteiger partial charge in [-0.2, -0.15) is 8.42 Å². The van der Waals surface area contributed by atoms with Gasteiger partial charge in [-0.25, -0.2) is 0 Å². The van der Waals surface area contributed by atoms with Crippen molar-refractivity contribution >= 4 is 26.7 Å². The van der Waals surface area contributed by atoms with Crippen molar-refractivity contribution in [1.82, 2.24) is 4.98 Å². The van der Waals surface area contributed by atoms with Crippen LogP contribution in [0.4, 0.5) is 5.69 Å². The fourth-order valence-corrected chi connectivity index (χ4v) is 2.41. The quantitative estimate of drug-likeness (QED) is 0.508. The third-order valence-corrected chi connectivity index (χ3v) is 3.63. The number of nitrogens with zero attached hydrogens (tertiary/aromatic N) is 1. The number of non-ortho nitro benzene ring substituents is 1. The molecule has 0 aliphatic carbocycles. The summed E-state index contributed by atoms with van der Waals surface area (Å²) in [5.74, 6) is 0. The summed E-state index contributed by atoms with van der Waals surface area (Å²) in [6, 6.07) is 3.77. The molecule has 0 bridgehead atoms. The van der Waals surface area contributed by atoms with Gasteiger partial charge >= 0.3 is 0 Å². The number of nitro benzene ring substituents is 1. The maximum absolute atomic E-state index is 11.6. The first-order valence-corrected chi connectivity index (χ1v) is 5.92. The van der Waals surface area contributed by atoms with Crippen molar-refractivity contribution < 1.29 is 17.5 Å². The Balaban J connectivity index is 2.85. The molecule has 1 aromatic carbocycles. The second-order valence-electron chi connectivity index (χ2n) is 3.26. The Morgan fingerprint density at radius 2 is 2.12 bits per heavy atom. The fraction of sp³-hybridized carbons (Fsp3) is 0.111. The standard InChI is InChI=1S/C9H8N2O5S/c1-16-17(14,15)9-5-6(11(12)13)4-8-7(9)2-3-10-8/h2-5,10H,1H3. The molecule has 7 nitrogen and oxygen atoms in total. The Kier molecular flexibility index (Phi) is 2.60. The van der Waals surface area contributed by atoms with Crippen molar-refractivity contribution in [2.75, 3.05) is 7.11 Å². The fourth-order valence-electron chi connectivity index (χ4n) is 1.52. The zero-order chi connectivity index (χ0) is 12.6. The molecule has 0 saturated carbocycles. The van der Waals surface area contributed by atoms with Crippen LogP contribution in [0.3, 0.4) is 0 Å². The van der Waals surface area contributed by atoms with E-state index >= 15 is 0 Å². The molecular formula is C9H8N2O5S. The Morgan fingerprint density at radius 1 is 1.41 bits per heavy atom. The number of fused-ring (bicyclic) bond motifs is 1. The second-order valence-corrected chi connectivity index (χ2v) is 4.94. The van der Waals surface area contributed by atoms with Crippen LogP contribution in [-0.4, -0.2) is 25.4 Å². The van der Waals surface area contributed by atoms with Crippen LogP contribution >= 0.6 is 0 Å². The molecule has 2 aromatic rings. The summed E-state index contributed by atoms with van der Waals surface area (Å²) in [5.41, 5.74) is 0.0606. The molecule has 90 valence electrons. The highest BCUT2D eigenvalue weighted by molar-refractivity contribution is 7.87. The maximum Gasteiger partial charge on any atom is 0.297 e. The topological polar surface area (TPSA) is 102 Å². The van der Waals surface area contributed by atoms with Crippen molar-refractivity contribution in [2.24, 2.45) is 0 Å². The lowest BCUT2D eigenvalue weighted by Crippen LogP contribution is -2.04. The summed E-state index contributed by atoms with van der Waals surface area (Å²) >= 11 is 0. The highest BCUT2D eigenvalue weighted by atomic mass is 32.2. The van der Waals surface area contributed by atoms with E-state index in [1.807, 2.05) is 0 Å². The molecule has 1 heterocycles. The Morgan fingerprint density at radius 3 is 2.71 bits per heavy atom. The first kappa shape index (κ1) is 11.6. The molecular weight excluding hydrogens is 248 g/mol. The number of nitro groups is 1. The van der Waals surface area contributed by atoms with Gasteiger partial charge in [0, 0.05) is 23.7 Å². The second kappa shape index (κ2) is 3.82. The van der Waals surface area contributed by atoms with Crippen LogP contribution in [0.5, 0.6) is 0 Å². The van der Waals surface area contributed by atoms with E-state index in [0.29, 0.717) is 10.9 Å². The predicted molar refractivity (Wildman–Crippen MR) is 59.1 cm³/mol. The van der Waals surface area contributed by atoms with Gasteiger partial charge in [-0.15, -0.1) is 0 Å². The number of nitrogens with one attached hydrogen (secondary N) is 1. The van der Waals surface area contributed by atoms with Gasteiger partial charge < -0.3 is 4.98 Å². The van der Waals surface area contributed by atoms with Crippen molar-refractivity contribution in [1.29, 1.82) is 0 Å². The molecule has 0 spiro atoms. The molecule has 1 N–H and O–H groups in total. The average molecular weight is 256 g/mol. The van der Waals surface area contributed by atoms with Gasteiger partial charge in [-0.05, 0) is 6.07 Å². The van der Waals surface area contributed by atoms with Crippen molar-refractivity contribution in [3.63, 3.8) is 0 Å². The Hall–Kier alpha value is -1.93. The van der Waals surface area contributed by atoms with Gasteiger partial charge in [0.2, 0.25) is 0 Å². The maximum atomic E-state index is 11.6. The van der Waals surface area contributed by atoms with Gasteiger partial charge in [-0.1, -0.05) is 0 Å². The normalized spacial score (nSPS) is 11.8. The molecule has 0 aliphatic rings. The van der Waals surface area contributed by atoms with E-state index in [2.05, 4.69) is 9.17 Å². The predicted octanol–water partition coefficient (Wildman–Crippen LogP) is 1.41. The lowest BCUT2D eigenvalue weighted by molar-refractivity contribution is -0.384. The minimum atomic E-state index is -3.98. The van der Waals surface area contributed by atoms with Crippen LogP contribution in [0, 0.1) is 10.1 Å². The zero-order valence-electron chi connectivity index (χ0n) is 8.71. The average Bonchev–Trinajstić information content (AvgIpc) is 2.75. The third kappa shape index (κ3) is 1.87. The summed E-state index contributed by atoms with van der Waals surface area (Å²) in [6.45, 7) is 0. The Bertz CT molecular complexity index is 688. The van der Waals surface area contributed by atoms with Crippen molar-refractivity contribution in [3.05, 3.63) is 34.5 Å². The van der Waals surface area contributed by atoms with E-state index < -0.39 is 15.0 Å². The van der Waals surface area contributed by atoms with Gasteiger partial charge in [-0.3, -0.25) is 14.3 Å². The van der Waals surface area contributed by atoms with Gasteiger partial charge in [0.05, 0.1) is 17.5 Å². The molecule has 17 heavy (non-hydrogen) atoms. The van der Waals surface area contributed by atoms with E-state index in [4.69, 9.17) is 0 Å². The van der Waals surface area contributed by atoms with Gasteiger partial charge in [0.15, 0.2) is 0 Å². The summed E-state index contributed by atoms with van der Waals surface area (Å²) < 4.78 is 27.6. The molecule has 8 heteroatoms. The van der Waals surface area contributed by atoms with E-state index in [1.165, 1.54) is 18.3 Å². The van der Waals surface area contributed by atoms with Crippen molar-refractivity contribution in [3.8, 4) is 0 Å². The molecule has 2 rings (SSSR count). The van der Waals surface area contributed by atoms with Crippen LogP contribution in [0.15, 0.2) is 29.3 Å². The van der Waals surface area contributed by atoms with Crippen LogP contribution in [0.1, 0.15) is 0 Å². The molecule has 0 atom stereocenters. The number of aromatic amines is 1. The third-order valence-electron chi connectivity index (χ3n) is 2.32. The molecule has 1 aromatic heterocycles. The van der Waals surface area contributed by atoms with Gasteiger partial charge in [0.1, 0.15) is 4.90 Å². The van der Waals surface area contributed by atoms with E-state index in [9.17, 15) is 18.5 Å². The van der Waals surface area contributed by atoms with E-state index in [1.54, 1.807) is 0 Å². The Labute approximate surface area is 96.3 Å². The first-order valence-electron chi connectivity index (χ1n) is 4.52. The van der Waals surface area contributed by atoms with Crippen LogP contribution in [0.25, 0.3) is 10.9 Å². The minimum absolute atomic E-state index is 0.217. The highest BCUT2D eigenvalue weighted by Crippen LogP contribution is 2.28. The largest absolute Gasteiger partial charge is 0.361 e. The van der Waals surface area contributed by atoms with Crippen LogP contribution in [0.2, 0.25) is 0 Å². The highest BCUT2D eigenvalue weighted by Gasteiger charge is 2.22. The monoisotopic (exact) mass is 256 g/mol. The van der Waals surface area contributed by atoms with E-state index in [-0.39, 0.29) is 10.6 Å². The minimum Gasteiger partial charge on any atom is -0.361 e. The lowest BCUT2D eigenvalue weighted by Gasteiger charge is -2.03. The smallest absolute Gasteiger partial charge is 0.297 e. The molecule has 0 unspecified atom stereocenters. The SMILES string of the molecule is COS(=O)(=O)c1cc([N+](=O)[O-])cc2[nH]ccc12. The number of benzene rings is 1. The number of hydrogen-bond donors (Lipinski definition) is 1. The zero-order valence-corrected chi connectivity index (χ0v) is 9.52. The number of rotatable bonds is 3. The van der Waals surface area contributed by atoms with Gasteiger partial charge in [0.25, 0.3) is 15.8 Å². The summed E-state index contributed by atoms with van der Waals surface area (Å²) in [4.78, 5) is 12.5. The van der Waals surface area contributed by atoms with Crippen molar-refractivity contribution in [2.45, 2.75) is 4.90 Å². The molecule has 0 amide bonds. The number of aromatic nitrogens is 1. The molecule has 0 saturated heterocycles. The number of hydrogen-bond acceptors (Lipinski definition) is 5. The lowest BCUT2D eigenvalue weighted by atomic mass is 10.2. The number of H-pyrrole nitrogens is 1. The molecule has 0 radical (unpaired) electrons. The summed E-state index contributed by atoms with van der Waals surface area (Å²) in [7, 11) is -2.97. The first-order chi connectivity index (χ1) is 7.95. The van der Waals surface area contributed by atoms with E-state index in [0.717, 1.165) is 13.2 Å². The molecule has 0 aliphatic heterocycles. The summed E-state index contributed by atoms with van der Waals surface area (Å²) in [6.07, 6.45) is 1.50. The van der Waals surface area contributed by atoms with Crippen LogP contribution < -0.4 is 0 Å². The summed E-state index contributed by atoms with van der Waals surface area (Å²) in [5, 5.41) is 11.0. The molecule has 0 fully saturated rings.